The lowest BCUT2D eigenvalue weighted by Gasteiger charge is -2.15. The molecule has 0 aliphatic carbocycles. The Morgan fingerprint density at radius 3 is 1.68 bits per heavy atom. The van der Waals surface area contributed by atoms with Gasteiger partial charge in [0.05, 0.1) is 44.1 Å². The zero-order valence-electron chi connectivity index (χ0n) is 17.0. The van der Waals surface area contributed by atoms with Crippen LogP contribution in [-0.4, -0.2) is 32.6 Å². The van der Waals surface area contributed by atoms with E-state index >= 15 is 0 Å². The van der Waals surface area contributed by atoms with Gasteiger partial charge in [0.25, 0.3) is 10.0 Å². The largest absolute Gasteiger partial charge is 0.459 e. The highest BCUT2D eigenvalue weighted by Gasteiger charge is 2.23. The number of carbonyl (C=O) groups excluding carboxylic acids is 2. The molecule has 0 bridgehead atoms. The van der Waals surface area contributed by atoms with Crippen LogP contribution in [0.2, 0.25) is 15.1 Å². The van der Waals surface area contributed by atoms with Gasteiger partial charge >= 0.3 is 11.9 Å². The summed E-state index contributed by atoms with van der Waals surface area (Å²) < 4.78 is 38.3. The molecular formula is C20H20Cl3NO6S. The van der Waals surface area contributed by atoms with Crippen molar-refractivity contribution < 1.29 is 27.5 Å². The summed E-state index contributed by atoms with van der Waals surface area (Å²) in [7, 11) is -4.24. The lowest BCUT2D eigenvalue weighted by atomic mass is 10.1. The first-order valence-electron chi connectivity index (χ1n) is 9.04. The first kappa shape index (κ1) is 25.3. The van der Waals surface area contributed by atoms with Crippen molar-refractivity contribution in [3.63, 3.8) is 0 Å². The standard InChI is InChI=1S/C20H20Cl3NO6S/c1-10(2)29-19(25)12-5-13(20(26)30-11(3)4)7-14(6-12)24-31(27,28)18-9-16(22)15(21)8-17(18)23/h5-11,24H,1-4H3. The maximum Gasteiger partial charge on any atom is 0.338 e. The molecule has 0 aromatic heterocycles. The van der Waals surface area contributed by atoms with Gasteiger partial charge in [-0.15, -0.1) is 0 Å². The third-order valence-electron chi connectivity index (χ3n) is 3.61. The zero-order valence-corrected chi connectivity index (χ0v) is 20.1. The summed E-state index contributed by atoms with van der Waals surface area (Å²) in [4.78, 5) is 24.4. The fourth-order valence-corrected chi connectivity index (χ4v) is 4.45. The Hall–Kier alpha value is -2.00. The third kappa shape index (κ3) is 6.74. The van der Waals surface area contributed by atoms with Gasteiger partial charge in [-0.3, -0.25) is 4.72 Å². The lowest BCUT2D eigenvalue weighted by Crippen LogP contribution is -2.18. The summed E-state index contributed by atoms with van der Waals surface area (Å²) in [6, 6.07) is 6.03. The van der Waals surface area contributed by atoms with Gasteiger partial charge in [0.15, 0.2) is 0 Å². The van der Waals surface area contributed by atoms with Gasteiger partial charge in [0.2, 0.25) is 0 Å². The molecule has 0 radical (unpaired) electrons. The molecule has 7 nitrogen and oxygen atoms in total. The molecule has 0 aliphatic rings. The van der Waals surface area contributed by atoms with Gasteiger partial charge < -0.3 is 9.47 Å². The van der Waals surface area contributed by atoms with Crippen molar-refractivity contribution in [1.82, 2.24) is 0 Å². The average Bonchev–Trinajstić information content (AvgIpc) is 2.62. The summed E-state index contributed by atoms with van der Waals surface area (Å²) >= 11 is 17.8. The molecule has 0 saturated carbocycles. The van der Waals surface area contributed by atoms with Gasteiger partial charge in [-0.05, 0) is 58.0 Å². The molecule has 0 aliphatic heterocycles. The van der Waals surface area contributed by atoms with Crippen LogP contribution < -0.4 is 4.72 Å². The number of ether oxygens (including phenoxy) is 2. The summed E-state index contributed by atoms with van der Waals surface area (Å²) in [6.45, 7) is 6.63. The number of rotatable bonds is 7. The molecule has 0 atom stereocenters. The van der Waals surface area contributed by atoms with Gasteiger partial charge in [0.1, 0.15) is 4.90 Å². The highest BCUT2D eigenvalue weighted by molar-refractivity contribution is 7.92. The van der Waals surface area contributed by atoms with Crippen LogP contribution in [0.25, 0.3) is 0 Å². The van der Waals surface area contributed by atoms with Crippen molar-refractivity contribution in [2.24, 2.45) is 0 Å². The van der Waals surface area contributed by atoms with Gasteiger partial charge in [-0.1, -0.05) is 34.8 Å². The quantitative estimate of drug-likeness (QED) is 0.387. The van der Waals surface area contributed by atoms with Crippen LogP contribution >= 0.6 is 34.8 Å². The average molecular weight is 509 g/mol. The number of esters is 2. The van der Waals surface area contributed by atoms with Crippen molar-refractivity contribution in [1.29, 1.82) is 0 Å². The Balaban J connectivity index is 2.52. The first-order valence-corrected chi connectivity index (χ1v) is 11.7. The lowest BCUT2D eigenvalue weighted by molar-refractivity contribution is 0.0377. The highest BCUT2D eigenvalue weighted by Crippen LogP contribution is 2.33. The van der Waals surface area contributed by atoms with E-state index in [2.05, 4.69) is 4.72 Å². The number of anilines is 1. The minimum Gasteiger partial charge on any atom is -0.459 e. The molecule has 0 heterocycles. The maximum atomic E-state index is 12.9. The van der Waals surface area contributed by atoms with Crippen molar-refractivity contribution in [2.45, 2.75) is 44.8 Å². The fourth-order valence-electron chi connectivity index (χ4n) is 2.41. The molecule has 2 aromatic carbocycles. The number of carbonyl (C=O) groups is 2. The van der Waals surface area contributed by atoms with E-state index < -0.39 is 34.2 Å². The Labute approximate surface area is 195 Å². The normalized spacial score (nSPS) is 11.5. The molecule has 0 amide bonds. The molecular weight excluding hydrogens is 489 g/mol. The minimum absolute atomic E-state index is 0.0121. The number of hydrogen-bond acceptors (Lipinski definition) is 6. The minimum atomic E-state index is -4.24. The predicted octanol–water partition coefficient (Wildman–Crippen LogP) is 5.58. The van der Waals surface area contributed by atoms with Crippen LogP contribution in [0, 0.1) is 0 Å². The van der Waals surface area contributed by atoms with Crippen LogP contribution in [0.3, 0.4) is 0 Å². The van der Waals surface area contributed by atoms with Crippen molar-refractivity contribution in [3.8, 4) is 0 Å². The van der Waals surface area contributed by atoms with E-state index in [-0.39, 0.29) is 36.8 Å². The van der Waals surface area contributed by atoms with Gasteiger partial charge in [-0.25, -0.2) is 18.0 Å². The van der Waals surface area contributed by atoms with Crippen LogP contribution in [-0.2, 0) is 19.5 Å². The topological polar surface area (TPSA) is 98.8 Å². The van der Waals surface area contributed by atoms with Crippen LogP contribution in [0.15, 0.2) is 35.2 Å². The smallest absolute Gasteiger partial charge is 0.338 e. The molecule has 168 valence electrons. The molecule has 31 heavy (non-hydrogen) atoms. The fraction of sp³-hybridized carbons (Fsp3) is 0.300. The SMILES string of the molecule is CC(C)OC(=O)c1cc(NS(=O)(=O)c2cc(Cl)c(Cl)cc2Cl)cc(C(=O)OC(C)C)c1. The first-order chi connectivity index (χ1) is 14.3. The van der Waals surface area contributed by atoms with E-state index in [9.17, 15) is 18.0 Å². The van der Waals surface area contributed by atoms with E-state index in [1.807, 2.05) is 0 Å². The van der Waals surface area contributed by atoms with E-state index in [1.165, 1.54) is 24.3 Å². The van der Waals surface area contributed by atoms with Gasteiger partial charge in [-0.2, -0.15) is 0 Å². The number of nitrogens with one attached hydrogen (secondary N) is 1. The molecule has 0 unspecified atom stereocenters. The van der Waals surface area contributed by atoms with Crippen LogP contribution in [0.1, 0.15) is 48.4 Å². The summed E-state index contributed by atoms with van der Waals surface area (Å²) in [5.74, 6) is -1.47. The second-order valence-corrected chi connectivity index (χ2v) is 9.88. The van der Waals surface area contributed by atoms with E-state index in [1.54, 1.807) is 27.7 Å². The Morgan fingerprint density at radius 2 is 1.23 bits per heavy atom. The Morgan fingerprint density at radius 1 is 0.774 bits per heavy atom. The summed E-state index contributed by atoms with van der Waals surface area (Å²) in [5.41, 5.74) is -0.147. The zero-order chi connectivity index (χ0) is 23.5. The van der Waals surface area contributed by atoms with Crippen molar-refractivity contribution in [3.05, 3.63) is 56.5 Å². The summed E-state index contributed by atoms with van der Waals surface area (Å²) in [6.07, 6.45) is -0.845. The highest BCUT2D eigenvalue weighted by atomic mass is 35.5. The number of benzene rings is 2. The molecule has 0 spiro atoms. The molecule has 0 saturated heterocycles. The maximum absolute atomic E-state index is 12.9. The number of hydrogen-bond donors (Lipinski definition) is 1. The number of halogens is 3. The Kier molecular flexibility index (Phi) is 8.21. The van der Waals surface area contributed by atoms with Crippen LogP contribution in [0.5, 0.6) is 0 Å². The monoisotopic (exact) mass is 507 g/mol. The molecule has 11 heteroatoms. The molecule has 1 N–H and O–H groups in total. The van der Waals surface area contributed by atoms with Crippen molar-refractivity contribution in [2.75, 3.05) is 4.72 Å². The predicted molar refractivity (Wildman–Crippen MR) is 120 cm³/mol. The number of sulfonamides is 1. The van der Waals surface area contributed by atoms with E-state index in [0.29, 0.717) is 0 Å². The molecule has 0 fully saturated rings. The van der Waals surface area contributed by atoms with E-state index in [4.69, 9.17) is 44.3 Å². The van der Waals surface area contributed by atoms with Crippen molar-refractivity contribution >= 4 is 62.5 Å². The third-order valence-corrected chi connectivity index (χ3v) is 6.17. The molecule has 2 aromatic rings. The summed E-state index contributed by atoms with van der Waals surface area (Å²) in [5, 5.41) is -0.0821. The Bertz CT molecular complexity index is 1080. The second-order valence-electron chi connectivity index (χ2n) is 7.01. The molecule has 2 rings (SSSR count). The second kappa shape index (κ2) is 10.1. The van der Waals surface area contributed by atoms with Gasteiger partial charge in [0, 0.05) is 0 Å². The van der Waals surface area contributed by atoms with E-state index in [0.717, 1.165) is 6.07 Å². The van der Waals surface area contributed by atoms with Crippen LogP contribution in [0.4, 0.5) is 5.69 Å².